The summed E-state index contributed by atoms with van der Waals surface area (Å²) in [7, 11) is 0. The van der Waals surface area contributed by atoms with Gasteiger partial charge in [0.15, 0.2) is 0 Å². The predicted molar refractivity (Wildman–Crippen MR) is 116 cm³/mol. The molecule has 30 heavy (non-hydrogen) atoms. The van der Waals surface area contributed by atoms with Gasteiger partial charge in [0.1, 0.15) is 5.82 Å². The summed E-state index contributed by atoms with van der Waals surface area (Å²) < 4.78 is 19.0. The molecule has 0 radical (unpaired) electrons. The first-order valence-electron chi connectivity index (χ1n) is 10.4. The van der Waals surface area contributed by atoms with Gasteiger partial charge in [0.25, 0.3) is 0 Å². The van der Waals surface area contributed by atoms with Crippen molar-refractivity contribution in [3.63, 3.8) is 0 Å². The number of amides is 2. The van der Waals surface area contributed by atoms with Crippen LogP contribution >= 0.6 is 11.3 Å². The standard InChI is InChI=1S/C23H29FN2O3S/c1-3-22(27)26(14-20-5-4-12-29-20)16-23(28)25(15-21-11-6-17(2)30-21)13-18-7-9-19(24)10-8-18/h6-11,20H,3-5,12-16H2,1-2H3/t20-/m0/s1. The molecule has 1 aliphatic heterocycles. The monoisotopic (exact) mass is 432 g/mol. The van der Waals surface area contributed by atoms with Crippen LogP contribution in [0.4, 0.5) is 4.39 Å². The van der Waals surface area contributed by atoms with Crippen molar-refractivity contribution in [2.24, 2.45) is 0 Å². The molecule has 0 bridgehead atoms. The summed E-state index contributed by atoms with van der Waals surface area (Å²) in [5, 5.41) is 0. The second-order valence-electron chi connectivity index (χ2n) is 7.65. The number of halogens is 1. The van der Waals surface area contributed by atoms with Gasteiger partial charge >= 0.3 is 0 Å². The molecule has 0 unspecified atom stereocenters. The molecular formula is C23H29FN2O3S. The predicted octanol–water partition coefficient (Wildman–Crippen LogP) is 4.14. The van der Waals surface area contributed by atoms with E-state index < -0.39 is 0 Å². The van der Waals surface area contributed by atoms with Crippen molar-refractivity contribution in [1.82, 2.24) is 9.80 Å². The minimum absolute atomic E-state index is 0.00112. The zero-order chi connectivity index (χ0) is 21.5. The van der Waals surface area contributed by atoms with Crippen LogP contribution in [0.25, 0.3) is 0 Å². The van der Waals surface area contributed by atoms with Crippen LogP contribution in [0, 0.1) is 12.7 Å². The number of ether oxygens (including phenoxy) is 1. The van der Waals surface area contributed by atoms with Crippen molar-refractivity contribution in [3.05, 3.63) is 57.5 Å². The summed E-state index contributed by atoms with van der Waals surface area (Å²) in [6.07, 6.45) is 2.25. The molecular weight excluding hydrogens is 403 g/mol. The Hall–Kier alpha value is -2.25. The van der Waals surface area contributed by atoms with E-state index in [0.717, 1.165) is 23.3 Å². The SMILES string of the molecule is CCC(=O)N(CC(=O)N(Cc1ccc(F)cc1)Cc1ccc(C)s1)C[C@@H]1CCCO1. The molecule has 2 heterocycles. The third-order valence-corrected chi connectivity index (χ3v) is 6.20. The highest BCUT2D eigenvalue weighted by Gasteiger charge is 2.26. The van der Waals surface area contributed by atoms with Gasteiger partial charge in [-0.1, -0.05) is 19.1 Å². The van der Waals surface area contributed by atoms with Crippen molar-refractivity contribution in [2.45, 2.75) is 52.3 Å². The van der Waals surface area contributed by atoms with Gasteiger partial charge in [-0.2, -0.15) is 0 Å². The molecule has 2 aromatic rings. The molecule has 1 saturated heterocycles. The van der Waals surface area contributed by atoms with Crippen molar-refractivity contribution < 1.29 is 18.7 Å². The third-order valence-electron chi connectivity index (χ3n) is 5.21. The van der Waals surface area contributed by atoms with E-state index in [1.807, 2.05) is 19.1 Å². The third kappa shape index (κ3) is 6.37. The zero-order valence-electron chi connectivity index (χ0n) is 17.6. The van der Waals surface area contributed by atoms with Gasteiger partial charge < -0.3 is 14.5 Å². The minimum atomic E-state index is -0.304. The van der Waals surface area contributed by atoms with Gasteiger partial charge in [-0.05, 0) is 49.6 Å². The number of thiophene rings is 1. The fourth-order valence-corrected chi connectivity index (χ4v) is 4.48. The van der Waals surface area contributed by atoms with Crippen LogP contribution in [0.2, 0.25) is 0 Å². The van der Waals surface area contributed by atoms with Gasteiger partial charge in [0.2, 0.25) is 11.8 Å². The molecule has 7 heteroatoms. The van der Waals surface area contributed by atoms with Crippen LogP contribution < -0.4 is 0 Å². The van der Waals surface area contributed by atoms with Crippen molar-refractivity contribution >= 4 is 23.2 Å². The molecule has 1 fully saturated rings. The number of hydrogen-bond acceptors (Lipinski definition) is 4. The quantitative estimate of drug-likeness (QED) is 0.598. The average molecular weight is 433 g/mol. The highest BCUT2D eigenvalue weighted by molar-refractivity contribution is 7.11. The summed E-state index contributed by atoms with van der Waals surface area (Å²) in [6.45, 7) is 5.84. The Balaban J connectivity index is 1.74. The van der Waals surface area contributed by atoms with Crippen LogP contribution in [0.1, 0.15) is 41.5 Å². The molecule has 1 atom stereocenters. The lowest BCUT2D eigenvalue weighted by Gasteiger charge is -2.29. The van der Waals surface area contributed by atoms with Crippen LogP contribution in [0.5, 0.6) is 0 Å². The smallest absolute Gasteiger partial charge is 0.242 e. The second-order valence-corrected chi connectivity index (χ2v) is 9.02. The van der Waals surface area contributed by atoms with E-state index in [1.165, 1.54) is 17.0 Å². The fourth-order valence-electron chi connectivity index (χ4n) is 3.58. The first-order valence-corrected chi connectivity index (χ1v) is 11.2. The molecule has 0 aliphatic carbocycles. The molecule has 0 spiro atoms. The first-order chi connectivity index (χ1) is 14.4. The Morgan fingerprint density at radius 1 is 1.10 bits per heavy atom. The molecule has 162 valence electrons. The van der Waals surface area contributed by atoms with E-state index in [9.17, 15) is 14.0 Å². The summed E-state index contributed by atoms with van der Waals surface area (Å²) in [4.78, 5) is 31.3. The zero-order valence-corrected chi connectivity index (χ0v) is 18.4. The Morgan fingerprint density at radius 2 is 1.87 bits per heavy atom. The minimum Gasteiger partial charge on any atom is -0.376 e. The van der Waals surface area contributed by atoms with Gasteiger partial charge in [0.05, 0.1) is 19.2 Å². The Kier molecular flexibility index (Phi) is 7.99. The van der Waals surface area contributed by atoms with Crippen molar-refractivity contribution in [3.8, 4) is 0 Å². The van der Waals surface area contributed by atoms with Crippen molar-refractivity contribution in [2.75, 3.05) is 19.7 Å². The van der Waals surface area contributed by atoms with Crippen LogP contribution in [-0.2, 0) is 27.4 Å². The Labute approximate surface area is 181 Å². The number of rotatable bonds is 9. The largest absolute Gasteiger partial charge is 0.376 e. The van der Waals surface area contributed by atoms with E-state index in [0.29, 0.717) is 32.7 Å². The van der Waals surface area contributed by atoms with Crippen LogP contribution in [-0.4, -0.2) is 47.4 Å². The average Bonchev–Trinajstić information content (AvgIpc) is 3.39. The number of hydrogen-bond donors (Lipinski definition) is 0. The summed E-state index contributed by atoms with van der Waals surface area (Å²) >= 11 is 1.65. The lowest BCUT2D eigenvalue weighted by atomic mass is 10.2. The molecule has 0 saturated carbocycles. The van der Waals surface area contributed by atoms with Gasteiger partial charge in [-0.3, -0.25) is 9.59 Å². The van der Waals surface area contributed by atoms with Crippen LogP contribution in [0.15, 0.2) is 36.4 Å². The summed E-state index contributed by atoms with van der Waals surface area (Å²) in [6, 6.07) is 10.2. The highest BCUT2D eigenvalue weighted by Crippen LogP contribution is 2.20. The van der Waals surface area contributed by atoms with E-state index in [2.05, 4.69) is 0 Å². The summed E-state index contributed by atoms with van der Waals surface area (Å²) in [5.74, 6) is -0.473. The molecule has 1 aliphatic rings. The maximum Gasteiger partial charge on any atom is 0.242 e. The first kappa shape index (κ1) is 22.4. The van der Waals surface area contributed by atoms with Gasteiger partial charge in [-0.15, -0.1) is 11.3 Å². The van der Waals surface area contributed by atoms with E-state index in [4.69, 9.17) is 4.74 Å². The topological polar surface area (TPSA) is 49.9 Å². The number of nitrogens with zero attached hydrogens (tertiary/aromatic N) is 2. The number of benzene rings is 1. The van der Waals surface area contributed by atoms with E-state index in [1.54, 1.807) is 40.2 Å². The second kappa shape index (κ2) is 10.7. The molecule has 5 nitrogen and oxygen atoms in total. The maximum atomic E-state index is 13.3. The van der Waals surface area contributed by atoms with E-state index in [-0.39, 0.29) is 30.3 Å². The molecule has 0 N–H and O–H groups in total. The number of carbonyl (C=O) groups excluding carboxylic acids is 2. The molecule has 1 aromatic heterocycles. The lowest BCUT2D eigenvalue weighted by molar-refractivity contribution is -0.142. The molecule has 2 amide bonds. The molecule has 3 rings (SSSR count). The van der Waals surface area contributed by atoms with Crippen molar-refractivity contribution in [1.29, 1.82) is 0 Å². The Bertz CT molecular complexity index is 846. The molecule has 1 aromatic carbocycles. The lowest BCUT2D eigenvalue weighted by Crippen LogP contribution is -2.45. The summed E-state index contributed by atoms with van der Waals surface area (Å²) in [5.41, 5.74) is 0.852. The highest BCUT2D eigenvalue weighted by atomic mass is 32.1. The number of aryl methyl sites for hydroxylation is 1. The van der Waals surface area contributed by atoms with Gasteiger partial charge in [0, 0.05) is 35.9 Å². The Morgan fingerprint density at radius 3 is 2.47 bits per heavy atom. The number of carbonyl (C=O) groups is 2. The van der Waals surface area contributed by atoms with Gasteiger partial charge in [-0.25, -0.2) is 4.39 Å². The maximum absolute atomic E-state index is 13.3. The van der Waals surface area contributed by atoms with Crippen LogP contribution in [0.3, 0.4) is 0 Å². The fraction of sp³-hybridized carbons (Fsp3) is 0.478. The van der Waals surface area contributed by atoms with E-state index >= 15 is 0 Å². The normalized spacial score (nSPS) is 15.9.